The van der Waals surface area contributed by atoms with Crippen molar-refractivity contribution in [3.05, 3.63) is 24.3 Å². The molecule has 0 spiro atoms. The SMILES string of the molecule is C/C=C/CCCC(=O)NCCN(CCNC(=O)CCC/C=C/C)CC1CO1. The number of nitrogens with one attached hydrogen (secondary N) is 2. The van der Waals surface area contributed by atoms with Crippen molar-refractivity contribution in [1.29, 1.82) is 0 Å². The Morgan fingerprint density at radius 1 is 0.963 bits per heavy atom. The lowest BCUT2D eigenvalue weighted by atomic mass is 10.2. The highest BCUT2D eigenvalue weighted by Gasteiger charge is 2.25. The number of hydrogen-bond acceptors (Lipinski definition) is 4. The fourth-order valence-corrected chi connectivity index (χ4v) is 2.73. The average molecular weight is 380 g/mol. The molecule has 0 aliphatic carbocycles. The largest absolute Gasteiger partial charge is 0.372 e. The molecule has 1 aliphatic heterocycles. The third kappa shape index (κ3) is 14.1. The summed E-state index contributed by atoms with van der Waals surface area (Å²) in [6.07, 6.45) is 13.3. The number of epoxide rings is 1. The van der Waals surface area contributed by atoms with Crippen LogP contribution in [0.3, 0.4) is 0 Å². The first-order valence-electron chi connectivity index (χ1n) is 10.2. The van der Waals surface area contributed by atoms with E-state index in [0.29, 0.717) is 32.0 Å². The van der Waals surface area contributed by atoms with Crippen LogP contribution in [0, 0.1) is 0 Å². The van der Waals surface area contributed by atoms with Crippen LogP contribution >= 0.6 is 0 Å². The minimum Gasteiger partial charge on any atom is -0.372 e. The second-order valence-electron chi connectivity index (χ2n) is 6.88. The number of allylic oxidation sites excluding steroid dienone is 4. The van der Waals surface area contributed by atoms with Crippen LogP contribution in [-0.2, 0) is 14.3 Å². The minimum absolute atomic E-state index is 0.108. The molecule has 0 bridgehead atoms. The monoisotopic (exact) mass is 379 g/mol. The van der Waals surface area contributed by atoms with Crippen LogP contribution in [0.15, 0.2) is 24.3 Å². The van der Waals surface area contributed by atoms with Gasteiger partial charge in [0.25, 0.3) is 0 Å². The summed E-state index contributed by atoms with van der Waals surface area (Å²) in [4.78, 5) is 25.9. The first kappa shape index (κ1) is 23.4. The van der Waals surface area contributed by atoms with Gasteiger partial charge in [-0.15, -0.1) is 0 Å². The molecule has 2 N–H and O–H groups in total. The Morgan fingerprint density at radius 2 is 1.44 bits per heavy atom. The Bertz CT molecular complexity index is 437. The van der Waals surface area contributed by atoms with Crippen molar-refractivity contribution in [2.75, 3.05) is 39.3 Å². The molecular weight excluding hydrogens is 342 g/mol. The Kier molecular flexibility index (Phi) is 13.3. The van der Waals surface area contributed by atoms with E-state index in [2.05, 4.69) is 27.7 Å². The molecule has 0 radical (unpaired) electrons. The number of carbonyl (C=O) groups is 2. The van der Waals surface area contributed by atoms with Gasteiger partial charge in [0.15, 0.2) is 0 Å². The molecule has 0 saturated carbocycles. The Morgan fingerprint density at radius 3 is 1.85 bits per heavy atom. The molecular formula is C21H37N3O3. The highest BCUT2D eigenvalue weighted by Crippen LogP contribution is 2.10. The van der Waals surface area contributed by atoms with Gasteiger partial charge >= 0.3 is 0 Å². The highest BCUT2D eigenvalue weighted by molar-refractivity contribution is 5.76. The Balaban J connectivity index is 2.14. The molecule has 27 heavy (non-hydrogen) atoms. The van der Waals surface area contributed by atoms with Gasteiger partial charge in [0.2, 0.25) is 11.8 Å². The van der Waals surface area contributed by atoms with Gasteiger partial charge in [-0.1, -0.05) is 24.3 Å². The van der Waals surface area contributed by atoms with E-state index >= 15 is 0 Å². The zero-order valence-electron chi connectivity index (χ0n) is 17.0. The van der Waals surface area contributed by atoms with E-state index in [-0.39, 0.29) is 11.8 Å². The minimum atomic E-state index is 0.108. The maximum atomic E-state index is 11.8. The van der Waals surface area contributed by atoms with Crippen molar-refractivity contribution >= 4 is 11.8 Å². The van der Waals surface area contributed by atoms with Crippen LogP contribution in [0.25, 0.3) is 0 Å². The number of amides is 2. The molecule has 1 atom stereocenters. The maximum Gasteiger partial charge on any atom is 0.220 e. The van der Waals surface area contributed by atoms with Gasteiger partial charge in [-0.05, 0) is 39.5 Å². The summed E-state index contributed by atoms with van der Waals surface area (Å²) in [6, 6.07) is 0. The van der Waals surface area contributed by atoms with E-state index in [1.807, 2.05) is 26.0 Å². The predicted molar refractivity (Wildman–Crippen MR) is 110 cm³/mol. The topological polar surface area (TPSA) is 74.0 Å². The van der Waals surface area contributed by atoms with Crippen molar-refractivity contribution in [3.8, 4) is 0 Å². The molecule has 1 fully saturated rings. The maximum absolute atomic E-state index is 11.8. The van der Waals surface area contributed by atoms with Crippen LogP contribution in [0.2, 0.25) is 0 Å². The molecule has 1 aliphatic rings. The van der Waals surface area contributed by atoms with Crippen molar-refractivity contribution < 1.29 is 14.3 Å². The molecule has 1 heterocycles. The normalized spacial score (nSPS) is 16.3. The summed E-state index contributed by atoms with van der Waals surface area (Å²) in [5.74, 6) is 0.216. The first-order chi connectivity index (χ1) is 13.2. The van der Waals surface area contributed by atoms with E-state index in [1.165, 1.54) is 0 Å². The van der Waals surface area contributed by atoms with Crippen molar-refractivity contribution in [2.24, 2.45) is 0 Å². The van der Waals surface area contributed by atoms with E-state index < -0.39 is 0 Å². The van der Waals surface area contributed by atoms with Gasteiger partial charge < -0.3 is 15.4 Å². The lowest BCUT2D eigenvalue weighted by Gasteiger charge is -2.21. The van der Waals surface area contributed by atoms with Gasteiger partial charge in [0, 0.05) is 45.6 Å². The van der Waals surface area contributed by atoms with Crippen molar-refractivity contribution in [2.45, 2.75) is 58.5 Å². The molecule has 0 aromatic carbocycles. The average Bonchev–Trinajstić information content (AvgIpc) is 3.46. The first-order valence-corrected chi connectivity index (χ1v) is 10.2. The van der Waals surface area contributed by atoms with Gasteiger partial charge in [-0.3, -0.25) is 14.5 Å². The number of unbranched alkanes of at least 4 members (excludes halogenated alkanes) is 2. The summed E-state index contributed by atoms with van der Waals surface area (Å²) in [5.41, 5.74) is 0. The second-order valence-corrected chi connectivity index (χ2v) is 6.88. The van der Waals surface area contributed by atoms with E-state index in [4.69, 9.17) is 4.74 Å². The fraction of sp³-hybridized carbons (Fsp3) is 0.714. The Hall–Kier alpha value is -1.66. The van der Waals surface area contributed by atoms with E-state index in [0.717, 1.165) is 51.9 Å². The fourth-order valence-electron chi connectivity index (χ4n) is 2.73. The summed E-state index contributed by atoms with van der Waals surface area (Å²) in [5, 5.41) is 5.97. The number of rotatable bonds is 16. The van der Waals surface area contributed by atoms with Crippen molar-refractivity contribution in [1.82, 2.24) is 15.5 Å². The smallest absolute Gasteiger partial charge is 0.220 e. The summed E-state index contributed by atoms with van der Waals surface area (Å²) < 4.78 is 5.32. The summed E-state index contributed by atoms with van der Waals surface area (Å²) in [7, 11) is 0. The molecule has 1 rings (SSSR count). The van der Waals surface area contributed by atoms with Crippen LogP contribution in [0.5, 0.6) is 0 Å². The van der Waals surface area contributed by atoms with Gasteiger partial charge in [0.1, 0.15) is 0 Å². The molecule has 6 heteroatoms. The van der Waals surface area contributed by atoms with Crippen LogP contribution in [0.1, 0.15) is 52.4 Å². The second kappa shape index (κ2) is 15.4. The molecule has 1 saturated heterocycles. The molecule has 154 valence electrons. The molecule has 6 nitrogen and oxygen atoms in total. The lowest BCUT2D eigenvalue weighted by molar-refractivity contribution is -0.121. The molecule has 0 aromatic heterocycles. The molecule has 1 unspecified atom stereocenters. The van der Waals surface area contributed by atoms with Crippen molar-refractivity contribution in [3.63, 3.8) is 0 Å². The summed E-state index contributed by atoms with van der Waals surface area (Å²) >= 11 is 0. The third-order valence-electron chi connectivity index (χ3n) is 4.39. The van der Waals surface area contributed by atoms with Gasteiger partial charge in [-0.2, -0.15) is 0 Å². The Labute approximate surface area is 164 Å². The van der Waals surface area contributed by atoms with Crippen LogP contribution < -0.4 is 10.6 Å². The standard InChI is InChI=1S/C21H37N3O3/c1-3-5-7-9-11-20(25)22-13-15-24(17-19-18-27-19)16-14-23-21(26)12-10-8-6-4-2/h3-6,19H,7-18H2,1-2H3,(H,22,25)(H,23,26)/b5-3+,6-4+. The molecule has 0 aromatic rings. The highest BCUT2D eigenvalue weighted by atomic mass is 16.6. The van der Waals surface area contributed by atoms with E-state index in [1.54, 1.807) is 0 Å². The van der Waals surface area contributed by atoms with Gasteiger partial charge in [0.05, 0.1) is 12.7 Å². The van der Waals surface area contributed by atoms with Crippen LogP contribution in [0.4, 0.5) is 0 Å². The number of hydrogen-bond donors (Lipinski definition) is 2. The zero-order chi connectivity index (χ0) is 19.7. The zero-order valence-corrected chi connectivity index (χ0v) is 17.0. The number of ether oxygens (including phenoxy) is 1. The van der Waals surface area contributed by atoms with Crippen LogP contribution in [-0.4, -0.2) is 62.1 Å². The predicted octanol–water partition coefficient (Wildman–Crippen LogP) is 2.41. The lowest BCUT2D eigenvalue weighted by Crippen LogP contribution is -2.41. The number of nitrogens with zero attached hydrogens (tertiary/aromatic N) is 1. The van der Waals surface area contributed by atoms with E-state index in [9.17, 15) is 9.59 Å². The molecule has 2 amide bonds. The number of carbonyl (C=O) groups excluding carboxylic acids is 2. The third-order valence-corrected chi connectivity index (χ3v) is 4.39. The van der Waals surface area contributed by atoms with Gasteiger partial charge in [-0.25, -0.2) is 0 Å². The summed E-state index contributed by atoms with van der Waals surface area (Å²) in [6.45, 7) is 8.46. The quantitative estimate of drug-likeness (QED) is 0.245.